The second-order valence-corrected chi connectivity index (χ2v) is 5.40. The van der Waals surface area contributed by atoms with Crippen molar-refractivity contribution in [2.24, 2.45) is 0 Å². The van der Waals surface area contributed by atoms with E-state index in [1.165, 1.54) is 0 Å². The minimum atomic E-state index is -0.346. The van der Waals surface area contributed by atoms with Crippen LogP contribution in [0.1, 0.15) is 17.0 Å². The van der Waals surface area contributed by atoms with E-state index in [1.54, 1.807) is 12.1 Å². The van der Waals surface area contributed by atoms with Crippen molar-refractivity contribution in [3.05, 3.63) is 63.5 Å². The molecule has 0 saturated carbocycles. The highest BCUT2D eigenvalue weighted by Crippen LogP contribution is 2.30. The van der Waals surface area contributed by atoms with Crippen LogP contribution in [-0.4, -0.2) is 17.0 Å². The summed E-state index contributed by atoms with van der Waals surface area (Å²) in [7, 11) is 1.83. The molecule has 0 amide bonds. The van der Waals surface area contributed by atoms with Gasteiger partial charge < -0.3 is 4.90 Å². The van der Waals surface area contributed by atoms with Crippen molar-refractivity contribution in [1.82, 2.24) is 4.98 Å². The zero-order valence-electron chi connectivity index (χ0n) is 11.9. The van der Waals surface area contributed by atoms with Gasteiger partial charge >= 0.3 is 0 Å². The standard InChI is InChI=1S/C15H16BrN3O2/c1-11-4-3-5-13(17-11)10-18(2)14-7-6-12(9-16)8-15(14)19(20)21/h3-8H,9-10H2,1-2H3. The number of nitro benzene ring substituents is 1. The average molecular weight is 350 g/mol. The number of aromatic nitrogens is 1. The Morgan fingerprint density at radius 1 is 1.33 bits per heavy atom. The summed E-state index contributed by atoms with van der Waals surface area (Å²) in [6.07, 6.45) is 0. The highest BCUT2D eigenvalue weighted by molar-refractivity contribution is 9.08. The van der Waals surface area contributed by atoms with Gasteiger partial charge in [0, 0.05) is 24.1 Å². The van der Waals surface area contributed by atoms with Crippen molar-refractivity contribution in [2.45, 2.75) is 18.8 Å². The summed E-state index contributed by atoms with van der Waals surface area (Å²) < 4.78 is 0. The quantitative estimate of drug-likeness (QED) is 0.467. The van der Waals surface area contributed by atoms with Gasteiger partial charge in [0.25, 0.3) is 5.69 Å². The highest BCUT2D eigenvalue weighted by atomic mass is 79.9. The van der Waals surface area contributed by atoms with Crippen LogP contribution in [-0.2, 0) is 11.9 Å². The van der Waals surface area contributed by atoms with E-state index >= 15 is 0 Å². The third kappa shape index (κ3) is 3.78. The van der Waals surface area contributed by atoms with Gasteiger partial charge in [-0.05, 0) is 30.7 Å². The Morgan fingerprint density at radius 3 is 2.71 bits per heavy atom. The predicted molar refractivity (Wildman–Crippen MR) is 86.8 cm³/mol. The molecule has 0 aliphatic rings. The van der Waals surface area contributed by atoms with Crippen molar-refractivity contribution >= 4 is 27.3 Å². The third-order valence-corrected chi connectivity index (χ3v) is 3.79. The molecule has 110 valence electrons. The molecule has 0 atom stereocenters. The molecule has 0 spiro atoms. The summed E-state index contributed by atoms with van der Waals surface area (Å²) >= 11 is 3.32. The second kappa shape index (κ2) is 6.67. The molecule has 0 bridgehead atoms. The summed E-state index contributed by atoms with van der Waals surface area (Å²) in [4.78, 5) is 17.2. The lowest BCUT2D eigenvalue weighted by atomic mass is 10.1. The zero-order valence-corrected chi connectivity index (χ0v) is 13.5. The molecule has 1 aromatic carbocycles. The molecule has 1 aromatic heterocycles. The highest BCUT2D eigenvalue weighted by Gasteiger charge is 2.18. The van der Waals surface area contributed by atoms with Crippen molar-refractivity contribution in [2.75, 3.05) is 11.9 Å². The van der Waals surface area contributed by atoms with Gasteiger partial charge in [-0.2, -0.15) is 0 Å². The minimum absolute atomic E-state index is 0.113. The Balaban J connectivity index is 2.30. The van der Waals surface area contributed by atoms with Gasteiger partial charge in [-0.15, -0.1) is 0 Å². The molecule has 5 nitrogen and oxygen atoms in total. The first-order valence-electron chi connectivity index (χ1n) is 6.48. The summed E-state index contributed by atoms with van der Waals surface area (Å²) in [6.45, 7) is 2.45. The first kappa shape index (κ1) is 15.4. The number of alkyl halides is 1. The zero-order chi connectivity index (χ0) is 15.4. The number of benzene rings is 1. The molecule has 21 heavy (non-hydrogen) atoms. The van der Waals surface area contributed by atoms with Gasteiger partial charge in [0.1, 0.15) is 5.69 Å². The van der Waals surface area contributed by atoms with Crippen LogP contribution >= 0.6 is 15.9 Å². The first-order chi connectivity index (χ1) is 10.0. The Hall–Kier alpha value is -1.95. The molecule has 6 heteroatoms. The summed E-state index contributed by atoms with van der Waals surface area (Å²) in [5.74, 6) is 0. The minimum Gasteiger partial charge on any atom is -0.363 e. The van der Waals surface area contributed by atoms with Gasteiger partial charge in [-0.25, -0.2) is 0 Å². The molecule has 0 fully saturated rings. The van der Waals surface area contributed by atoms with Crippen LogP contribution in [0.15, 0.2) is 36.4 Å². The van der Waals surface area contributed by atoms with E-state index in [-0.39, 0.29) is 10.6 Å². The van der Waals surface area contributed by atoms with Crippen LogP contribution in [0.5, 0.6) is 0 Å². The number of pyridine rings is 1. The summed E-state index contributed by atoms with van der Waals surface area (Å²) in [6, 6.07) is 11.1. The van der Waals surface area contributed by atoms with Gasteiger partial charge in [0.05, 0.1) is 17.2 Å². The van der Waals surface area contributed by atoms with Crippen molar-refractivity contribution in [1.29, 1.82) is 0 Å². The molecule has 0 radical (unpaired) electrons. The largest absolute Gasteiger partial charge is 0.363 e. The Morgan fingerprint density at radius 2 is 2.10 bits per heavy atom. The van der Waals surface area contributed by atoms with Crippen LogP contribution in [0.3, 0.4) is 0 Å². The third-order valence-electron chi connectivity index (χ3n) is 3.15. The van der Waals surface area contributed by atoms with E-state index in [0.717, 1.165) is 17.0 Å². The Kier molecular flexibility index (Phi) is 4.90. The van der Waals surface area contributed by atoms with Gasteiger partial charge in [0.15, 0.2) is 0 Å². The Labute approximate surface area is 131 Å². The molecule has 1 heterocycles. The monoisotopic (exact) mass is 349 g/mol. The average Bonchev–Trinajstić information content (AvgIpc) is 2.46. The lowest BCUT2D eigenvalue weighted by Gasteiger charge is -2.19. The number of anilines is 1. The number of rotatable bonds is 5. The molecule has 0 aliphatic heterocycles. The normalized spacial score (nSPS) is 10.4. The molecule has 0 saturated heterocycles. The maximum atomic E-state index is 11.2. The van der Waals surface area contributed by atoms with Gasteiger partial charge in [-0.1, -0.05) is 28.1 Å². The fourth-order valence-electron chi connectivity index (χ4n) is 2.14. The first-order valence-corrected chi connectivity index (χ1v) is 7.60. The van der Waals surface area contributed by atoms with Crippen molar-refractivity contribution in [3.63, 3.8) is 0 Å². The maximum Gasteiger partial charge on any atom is 0.292 e. The number of nitro groups is 1. The van der Waals surface area contributed by atoms with E-state index in [4.69, 9.17) is 0 Å². The van der Waals surface area contributed by atoms with Gasteiger partial charge in [-0.3, -0.25) is 15.1 Å². The summed E-state index contributed by atoms with van der Waals surface area (Å²) in [5.41, 5.74) is 3.41. The SMILES string of the molecule is Cc1cccc(CN(C)c2ccc(CBr)cc2[N+](=O)[O-])n1. The maximum absolute atomic E-state index is 11.2. The second-order valence-electron chi connectivity index (χ2n) is 4.84. The van der Waals surface area contributed by atoms with Crippen LogP contribution in [0.2, 0.25) is 0 Å². The summed E-state index contributed by atoms with van der Waals surface area (Å²) in [5, 5.41) is 11.8. The number of hydrogen-bond acceptors (Lipinski definition) is 4. The van der Waals surface area contributed by atoms with Crippen molar-refractivity contribution in [3.8, 4) is 0 Å². The topological polar surface area (TPSA) is 59.3 Å². The smallest absolute Gasteiger partial charge is 0.292 e. The molecule has 0 aliphatic carbocycles. The van der Waals surface area contributed by atoms with E-state index < -0.39 is 0 Å². The fraction of sp³-hybridized carbons (Fsp3) is 0.267. The molecule has 0 unspecified atom stereocenters. The number of nitrogens with zero attached hydrogens (tertiary/aromatic N) is 3. The predicted octanol–water partition coefficient (Wildman–Crippen LogP) is 3.83. The van der Waals surface area contributed by atoms with Crippen LogP contribution in [0.25, 0.3) is 0 Å². The van der Waals surface area contributed by atoms with Crippen LogP contribution < -0.4 is 4.90 Å². The van der Waals surface area contributed by atoms with Crippen LogP contribution in [0, 0.1) is 17.0 Å². The van der Waals surface area contributed by atoms with Crippen molar-refractivity contribution < 1.29 is 4.92 Å². The Bertz CT molecular complexity index is 661. The lowest BCUT2D eigenvalue weighted by molar-refractivity contribution is -0.384. The molecular formula is C15H16BrN3O2. The number of halogens is 1. The van der Waals surface area contributed by atoms with E-state index in [9.17, 15) is 10.1 Å². The van der Waals surface area contributed by atoms with Crippen LogP contribution in [0.4, 0.5) is 11.4 Å². The van der Waals surface area contributed by atoms with E-state index in [0.29, 0.717) is 17.6 Å². The fourth-order valence-corrected chi connectivity index (χ4v) is 2.49. The molecule has 2 rings (SSSR count). The van der Waals surface area contributed by atoms with Gasteiger partial charge in [0.2, 0.25) is 0 Å². The van der Waals surface area contributed by atoms with E-state index in [2.05, 4.69) is 20.9 Å². The number of aryl methyl sites for hydroxylation is 1. The molecule has 2 aromatic rings. The number of hydrogen-bond donors (Lipinski definition) is 0. The molecular weight excluding hydrogens is 334 g/mol. The molecule has 0 N–H and O–H groups in total. The lowest BCUT2D eigenvalue weighted by Crippen LogP contribution is -2.18. The van der Waals surface area contributed by atoms with E-state index in [1.807, 2.05) is 43.1 Å².